The van der Waals surface area contributed by atoms with Crippen molar-refractivity contribution in [2.75, 3.05) is 0 Å². The third kappa shape index (κ3) is 3.29. The molecule has 0 unspecified atom stereocenters. The molecule has 0 spiro atoms. The molecule has 6 heteroatoms. The molecule has 14 heavy (non-hydrogen) atoms. The van der Waals surface area contributed by atoms with Crippen LogP contribution in [0.5, 0.6) is 0 Å². The average Bonchev–Trinajstić information content (AvgIpc) is 2.07. The van der Waals surface area contributed by atoms with Crippen LogP contribution < -0.4 is 0 Å². The number of hydrogen-bond donors (Lipinski definition) is 0. The molecule has 0 aliphatic heterocycles. The van der Waals surface area contributed by atoms with Gasteiger partial charge in [0.05, 0.1) is 5.69 Å². The highest BCUT2D eigenvalue weighted by atomic mass is 79.9. The first-order chi connectivity index (χ1) is 6.41. The summed E-state index contributed by atoms with van der Waals surface area (Å²) >= 11 is 10.6. The van der Waals surface area contributed by atoms with Gasteiger partial charge in [-0.15, -0.1) is 0 Å². The van der Waals surface area contributed by atoms with Gasteiger partial charge in [-0.25, -0.2) is 4.99 Å². The summed E-state index contributed by atoms with van der Waals surface area (Å²) in [7, 11) is 0. The minimum Gasteiger partial charge on any atom is -0.233 e. The molecule has 1 rings (SSSR count). The molecule has 0 aromatic heterocycles. The van der Waals surface area contributed by atoms with Crippen molar-refractivity contribution in [2.45, 2.75) is 4.83 Å². The van der Waals surface area contributed by atoms with E-state index < -0.39 is 10.0 Å². The lowest BCUT2D eigenvalue weighted by atomic mass is 10.3. The second-order valence-corrected chi connectivity index (χ2v) is 4.56. The van der Waals surface area contributed by atoms with Crippen LogP contribution in [0.3, 0.4) is 0 Å². The van der Waals surface area contributed by atoms with Crippen LogP contribution in [0.4, 0.5) is 14.5 Å². The molecule has 0 heterocycles. The Hall–Kier alpha value is -0.000000000000000111. The molecule has 76 valence electrons. The molecule has 0 amide bonds. The molecule has 0 aliphatic rings. The summed E-state index contributed by atoms with van der Waals surface area (Å²) in [6, 6.07) is 6.70. The first kappa shape index (κ1) is 12.1. The highest BCUT2D eigenvalue weighted by Crippen LogP contribution is 2.31. The van der Waals surface area contributed by atoms with Crippen LogP contribution in [-0.4, -0.2) is 10.0 Å². The van der Waals surface area contributed by atoms with Crippen molar-refractivity contribution >= 4 is 54.3 Å². The zero-order chi connectivity index (χ0) is 10.8. The zero-order valence-electron chi connectivity index (χ0n) is 6.65. The topological polar surface area (TPSA) is 12.4 Å². The van der Waals surface area contributed by atoms with Crippen molar-refractivity contribution in [3.63, 3.8) is 0 Å². The summed E-state index contributed by atoms with van der Waals surface area (Å²) < 4.78 is 25.8. The number of rotatable bonds is 2. The maximum Gasteiger partial charge on any atom is 0.353 e. The SMILES string of the molecule is FC(F)(Br)C(Cl)=Nc1ccccc1Br. The molecular weight excluding hydrogens is 343 g/mol. The molecule has 0 aliphatic carbocycles. The van der Waals surface area contributed by atoms with Crippen LogP contribution in [0.25, 0.3) is 0 Å². The van der Waals surface area contributed by atoms with Crippen LogP contribution in [0.2, 0.25) is 0 Å². The molecule has 0 N–H and O–H groups in total. The number of benzene rings is 1. The van der Waals surface area contributed by atoms with E-state index in [2.05, 4.69) is 36.9 Å². The van der Waals surface area contributed by atoms with Crippen LogP contribution in [0, 0.1) is 0 Å². The summed E-state index contributed by atoms with van der Waals surface area (Å²) in [5.41, 5.74) is 0.358. The number of alkyl halides is 3. The number of halogens is 5. The van der Waals surface area contributed by atoms with Crippen molar-refractivity contribution in [1.82, 2.24) is 0 Å². The van der Waals surface area contributed by atoms with E-state index in [1.54, 1.807) is 24.3 Å². The van der Waals surface area contributed by atoms with Gasteiger partial charge in [0.1, 0.15) is 0 Å². The predicted molar refractivity (Wildman–Crippen MR) is 61.0 cm³/mol. The maximum absolute atomic E-state index is 12.6. The van der Waals surface area contributed by atoms with Gasteiger partial charge in [-0.05, 0) is 44.0 Å². The Morgan fingerprint density at radius 1 is 1.36 bits per heavy atom. The smallest absolute Gasteiger partial charge is 0.233 e. The first-order valence-electron chi connectivity index (χ1n) is 3.47. The van der Waals surface area contributed by atoms with Gasteiger partial charge in [0.2, 0.25) is 0 Å². The molecule has 0 saturated carbocycles. The quantitative estimate of drug-likeness (QED) is 0.543. The van der Waals surface area contributed by atoms with Crippen LogP contribution in [-0.2, 0) is 0 Å². The fraction of sp³-hybridized carbons (Fsp3) is 0.125. The summed E-state index contributed by atoms with van der Waals surface area (Å²) in [4.78, 5) is 0.280. The number of aliphatic imine (C=N–C) groups is 1. The molecule has 0 atom stereocenters. The van der Waals surface area contributed by atoms with Gasteiger partial charge in [0, 0.05) is 4.47 Å². The number of para-hydroxylation sites is 1. The third-order valence-corrected chi connectivity index (χ3v) is 2.90. The minimum absolute atomic E-state index is 0.358. The Bertz CT molecular complexity index is 363. The van der Waals surface area contributed by atoms with Crippen LogP contribution in [0.15, 0.2) is 33.7 Å². The summed E-state index contributed by atoms with van der Waals surface area (Å²) in [6.07, 6.45) is 0. The van der Waals surface area contributed by atoms with Crippen molar-refractivity contribution in [3.8, 4) is 0 Å². The van der Waals surface area contributed by atoms with E-state index in [9.17, 15) is 8.78 Å². The second kappa shape index (κ2) is 4.68. The third-order valence-electron chi connectivity index (χ3n) is 1.30. The van der Waals surface area contributed by atoms with E-state index in [1.807, 2.05) is 0 Å². The molecule has 1 aromatic rings. The summed E-state index contributed by atoms with van der Waals surface area (Å²) in [5.74, 6) is 0. The average molecular weight is 347 g/mol. The Labute approximate surface area is 101 Å². The lowest BCUT2D eigenvalue weighted by Gasteiger charge is -2.05. The molecular formula is C8H4Br2ClF2N. The number of hydrogen-bond acceptors (Lipinski definition) is 1. The standard InChI is InChI=1S/C8H4Br2ClF2N/c9-5-3-1-2-4-6(5)14-7(11)8(10,12)13/h1-4H. The highest BCUT2D eigenvalue weighted by molar-refractivity contribution is 9.10. The van der Waals surface area contributed by atoms with Gasteiger partial charge in [0.15, 0.2) is 5.17 Å². The fourth-order valence-electron chi connectivity index (χ4n) is 0.712. The van der Waals surface area contributed by atoms with E-state index in [0.29, 0.717) is 10.2 Å². The Kier molecular flexibility index (Phi) is 4.04. The summed E-state index contributed by atoms with van der Waals surface area (Å²) in [5, 5.41) is -0.801. The van der Waals surface area contributed by atoms with Crippen molar-refractivity contribution in [3.05, 3.63) is 28.7 Å². The Morgan fingerprint density at radius 2 is 1.93 bits per heavy atom. The van der Waals surface area contributed by atoms with Crippen molar-refractivity contribution in [1.29, 1.82) is 0 Å². The van der Waals surface area contributed by atoms with E-state index in [-0.39, 0.29) is 0 Å². The molecule has 1 aromatic carbocycles. The molecule has 0 saturated heterocycles. The van der Waals surface area contributed by atoms with Crippen LogP contribution >= 0.6 is 43.5 Å². The Morgan fingerprint density at radius 3 is 2.43 bits per heavy atom. The van der Waals surface area contributed by atoms with Gasteiger partial charge < -0.3 is 0 Å². The monoisotopic (exact) mass is 345 g/mol. The molecule has 0 fully saturated rings. The summed E-state index contributed by atoms with van der Waals surface area (Å²) in [6.45, 7) is 0. The molecule has 0 bridgehead atoms. The van der Waals surface area contributed by atoms with Crippen LogP contribution in [0.1, 0.15) is 0 Å². The van der Waals surface area contributed by atoms with E-state index in [4.69, 9.17) is 11.6 Å². The second-order valence-electron chi connectivity index (χ2n) is 2.35. The molecule has 1 nitrogen and oxygen atoms in total. The minimum atomic E-state index is -3.29. The van der Waals surface area contributed by atoms with Crippen molar-refractivity contribution in [2.24, 2.45) is 4.99 Å². The highest BCUT2D eigenvalue weighted by Gasteiger charge is 2.30. The lowest BCUT2D eigenvalue weighted by Crippen LogP contribution is -2.14. The predicted octanol–water partition coefficient (Wildman–Crippen LogP) is 4.71. The largest absolute Gasteiger partial charge is 0.353 e. The van der Waals surface area contributed by atoms with Crippen molar-refractivity contribution < 1.29 is 8.78 Å². The van der Waals surface area contributed by atoms with E-state index in [1.165, 1.54) is 0 Å². The normalized spacial score (nSPS) is 13.1. The zero-order valence-corrected chi connectivity index (χ0v) is 10.6. The number of nitrogens with zero attached hydrogens (tertiary/aromatic N) is 1. The van der Waals surface area contributed by atoms with E-state index in [0.717, 1.165) is 0 Å². The van der Waals surface area contributed by atoms with Gasteiger partial charge in [-0.1, -0.05) is 23.7 Å². The van der Waals surface area contributed by atoms with Gasteiger partial charge in [-0.3, -0.25) is 0 Å². The van der Waals surface area contributed by atoms with Gasteiger partial charge in [-0.2, -0.15) is 8.78 Å². The van der Waals surface area contributed by atoms with Gasteiger partial charge in [0.25, 0.3) is 0 Å². The lowest BCUT2D eigenvalue weighted by molar-refractivity contribution is 0.197. The Balaban J connectivity index is 3.04. The van der Waals surface area contributed by atoms with E-state index >= 15 is 0 Å². The fourth-order valence-corrected chi connectivity index (χ4v) is 1.26. The van der Waals surface area contributed by atoms with Gasteiger partial charge >= 0.3 is 4.83 Å². The maximum atomic E-state index is 12.6. The first-order valence-corrected chi connectivity index (χ1v) is 5.43. The molecule has 0 radical (unpaired) electrons.